The minimum Gasteiger partial charge on any atom is -0.504 e. The predicted octanol–water partition coefficient (Wildman–Crippen LogP) is 2.70. The average Bonchev–Trinajstić information content (AvgIpc) is 2.71. The highest BCUT2D eigenvalue weighted by atomic mass is 16.5. The van der Waals surface area contributed by atoms with E-state index < -0.39 is 11.2 Å². The van der Waals surface area contributed by atoms with Gasteiger partial charge in [-0.2, -0.15) is 0 Å². The SMILES string of the molecule is COc1cc2c(c(OC)c1OC)-c1c(cc(O)c(OC)c1OC)C[C@](C)(O)[C@](C)(O)C2. The molecule has 0 spiro atoms. The maximum absolute atomic E-state index is 11.2. The number of methoxy groups -OCH3 is 5. The molecule has 0 heterocycles. The van der Waals surface area contributed by atoms with Crippen molar-refractivity contribution in [3.63, 3.8) is 0 Å². The maximum Gasteiger partial charge on any atom is 0.203 e. The Bertz CT molecular complexity index is 994. The van der Waals surface area contributed by atoms with Crippen molar-refractivity contribution in [3.05, 3.63) is 23.3 Å². The van der Waals surface area contributed by atoms with Crippen molar-refractivity contribution in [2.24, 2.45) is 0 Å². The van der Waals surface area contributed by atoms with Crippen LogP contribution in [0.15, 0.2) is 12.1 Å². The first kappa shape index (κ1) is 22.8. The zero-order valence-corrected chi connectivity index (χ0v) is 19.0. The standard InChI is InChI=1S/C23H30O8/c1-22(25)10-12-8-14(24)18(28-4)20(30-6)16(12)17-13(11-23(22,2)26)9-15(27-3)19(29-5)21(17)31-7/h8-9,24-26H,10-11H2,1-7H3/t22-,23+/m0/s1. The summed E-state index contributed by atoms with van der Waals surface area (Å²) in [6, 6.07) is 3.25. The molecular weight excluding hydrogens is 404 g/mol. The number of aromatic hydroxyl groups is 1. The van der Waals surface area contributed by atoms with E-state index in [1.165, 1.54) is 41.6 Å². The van der Waals surface area contributed by atoms with Gasteiger partial charge in [-0.05, 0) is 37.1 Å². The molecule has 0 saturated heterocycles. The summed E-state index contributed by atoms with van der Waals surface area (Å²) in [5, 5.41) is 33.0. The van der Waals surface area contributed by atoms with Crippen molar-refractivity contribution in [3.8, 4) is 45.6 Å². The molecule has 1 aliphatic carbocycles. The molecule has 3 N–H and O–H groups in total. The number of fused-ring (bicyclic) bond motifs is 3. The smallest absolute Gasteiger partial charge is 0.203 e. The molecule has 8 nitrogen and oxygen atoms in total. The summed E-state index contributed by atoms with van der Waals surface area (Å²) in [7, 11) is 7.43. The third-order valence-corrected chi connectivity index (χ3v) is 6.10. The number of hydrogen-bond donors (Lipinski definition) is 3. The quantitative estimate of drug-likeness (QED) is 0.660. The third kappa shape index (κ3) is 3.49. The first-order valence-corrected chi connectivity index (χ1v) is 9.80. The van der Waals surface area contributed by atoms with Crippen molar-refractivity contribution in [1.82, 2.24) is 0 Å². The number of phenolic OH excluding ortho intramolecular Hbond substituents is 1. The Morgan fingerprint density at radius 3 is 1.48 bits per heavy atom. The van der Waals surface area contributed by atoms with Crippen LogP contribution in [-0.2, 0) is 12.8 Å². The highest BCUT2D eigenvalue weighted by Crippen LogP contribution is 2.56. The molecule has 0 radical (unpaired) electrons. The van der Waals surface area contributed by atoms with Gasteiger partial charge < -0.3 is 39.0 Å². The predicted molar refractivity (Wildman–Crippen MR) is 115 cm³/mol. The van der Waals surface area contributed by atoms with E-state index >= 15 is 0 Å². The Labute approximate surface area is 181 Å². The Hall–Kier alpha value is -2.84. The van der Waals surface area contributed by atoms with Crippen molar-refractivity contribution >= 4 is 0 Å². The van der Waals surface area contributed by atoms with Crippen LogP contribution >= 0.6 is 0 Å². The van der Waals surface area contributed by atoms with Gasteiger partial charge in [0, 0.05) is 24.0 Å². The van der Waals surface area contributed by atoms with Crippen molar-refractivity contribution in [2.75, 3.05) is 35.5 Å². The highest BCUT2D eigenvalue weighted by molar-refractivity contribution is 5.88. The minimum absolute atomic E-state index is 0.0419. The van der Waals surface area contributed by atoms with Gasteiger partial charge in [-0.3, -0.25) is 0 Å². The van der Waals surface area contributed by atoms with Gasteiger partial charge in [0.15, 0.2) is 23.0 Å². The lowest BCUT2D eigenvalue weighted by atomic mass is 9.72. The van der Waals surface area contributed by atoms with E-state index in [1.807, 2.05) is 0 Å². The summed E-state index contributed by atoms with van der Waals surface area (Å²) < 4.78 is 27.9. The first-order valence-electron chi connectivity index (χ1n) is 9.80. The molecule has 2 aromatic carbocycles. The maximum atomic E-state index is 11.2. The molecule has 170 valence electrons. The Morgan fingerprint density at radius 2 is 1.06 bits per heavy atom. The second kappa shape index (κ2) is 8.01. The molecule has 0 aromatic heterocycles. The lowest BCUT2D eigenvalue weighted by Gasteiger charge is -2.42. The fourth-order valence-electron chi connectivity index (χ4n) is 4.23. The van der Waals surface area contributed by atoms with Gasteiger partial charge in [-0.15, -0.1) is 0 Å². The largest absolute Gasteiger partial charge is 0.504 e. The number of benzene rings is 2. The van der Waals surface area contributed by atoms with Crippen LogP contribution in [0.5, 0.6) is 34.5 Å². The van der Waals surface area contributed by atoms with Crippen LogP contribution in [0.4, 0.5) is 0 Å². The number of ether oxygens (including phenoxy) is 5. The molecule has 0 unspecified atom stereocenters. The zero-order chi connectivity index (χ0) is 23.1. The van der Waals surface area contributed by atoms with E-state index in [-0.39, 0.29) is 30.1 Å². The fraction of sp³-hybridized carbons (Fsp3) is 0.478. The molecule has 1 aliphatic rings. The first-order chi connectivity index (χ1) is 14.6. The van der Waals surface area contributed by atoms with E-state index in [4.69, 9.17) is 23.7 Å². The molecule has 2 aromatic rings. The average molecular weight is 434 g/mol. The molecule has 0 saturated carbocycles. The van der Waals surface area contributed by atoms with E-state index in [9.17, 15) is 15.3 Å². The number of aliphatic hydroxyl groups is 2. The van der Waals surface area contributed by atoms with Crippen molar-refractivity contribution in [2.45, 2.75) is 37.9 Å². The molecule has 0 fully saturated rings. The van der Waals surface area contributed by atoms with Crippen LogP contribution in [0.1, 0.15) is 25.0 Å². The summed E-state index contributed by atoms with van der Waals surface area (Å²) in [6.07, 6.45) is 0.137. The third-order valence-electron chi connectivity index (χ3n) is 6.10. The Morgan fingerprint density at radius 1 is 0.645 bits per heavy atom. The Kier molecular flexibility index (Phi) is 5.90. The van der Waals surface area contributed by atoms with Crippen LogP contribution < -0.4 is 23.7 Å². The summed E-state index contributed by atoms with van der Waals surface area (Å²) >= 11 is 0. The minimum atomic E-state index is -1.52. The number of phenols is 1. The molecule has 3 rings (SSSR count). The van der Waals surface area contributed by atoms with Crippen molar-refractivity contribution in [1.29, 1.82) is 0 Å². The molecule has 0 amide bonds. The molecule has 0 bridgehead atoms. The van der Waals surface area contributed by atoms with Gasteiger partial charge >= 0.3 is 0 Å². The van der Waals surface area contributed by atoms with Crippen molar-refractivity contribution < 1.29 is 39.0 Å². The van der Waals surface area contributed by atoms with Gasteiger partial charge in [0.2, 0.25) is 11.5 Å². The number of rotatable bonds is 5. The van der Waals surface area contributed by atoms with Gasteiger partial charge in [0.1, 0.15) is 0 Å². The fourth-order valence-corrected chi connectivity index (χ4v) is 4.23. The molecule has 2 atom stereocenters. The molecule has 0 aliphatic heterocycles. The van der Waals surface area contributed by atoms with E-state index in [0.717, 1.165) is 0 Å². The summed E-state index contributed by atoms with van der Waals surface area (Å²) in [6.45, 7) is 3.14. The van der Waals surface area contributed by atoms with Gasteiger partial charge in [-0.25, -0.2) is 0 Å². The Balaban J connectivity index is 2.57. The lowest BCUT2D eigenvalue weighted by molar-refractivity contribution is -0.129. The van der Waals surface area contributed by atoms with Gasteiger partial charge in [0.25, 0.3) is 0 Å². The summed E-state index contributed by atoms with van der Waals surface area (Å²) in [5.41, 5.74) is -0.668. The van der Waals surface area contributed by atoms with E-state index in [1.54, 1.807) is 19.9 Å². The van der Waals surface area contributed by atoms with Crippen LogP contribution in [0.25, 0.3) is 11.1 Å². The molecular formula is C23H30O8. The van der Waals surface area contributed by atoms with E-state index in [2.05, 4.69) is 0 Å². The zero-order valence-electron chi connectivity index (χ0n) is 19.0. The number of hydrogen-bond acceptors (Lipinski definition) is 8. The molecule has 8 heteroatoms. The van der Waals surface area contributed by atoms with Gasteiger partial charge in [-0.1, -0.05) is 0 Å². The summed E-state index contributed by atoms with van der Waals surface area (Å²) in [5.74, 6) is 1.45. The molecule has 31 heavy (non-hydrogen) atoms. The topological polar surface area (TPSA) is 107 Å². The highest BCUT2D eigenvalue weighted by Gasteiger charge is 2.46. The van der Waals surface area contributed by atoms with Crippen LogP contribution in [0.2, 0.25) is 0 Å². The normalized spacial score (nSPS) is 22.5. The van der Waals surface area contributed by atoms with Crippen LogP contribution in [-0.4, -0.2) is 62.1 Å². The van der Waals surface area contributed by atoms with Crippen LogP contribution in [0.3, 0.4) is 0 Å². The van der Waals surface area contributed by atoms with Gasteiger partial charge in [0.05, 0.1) is 46.8 Å². The second-order valence-corrected chi connectivity index (χ2v) is 8.08. The lowest BCUT2D eigenvalue weighted by Crippen LogP contribution is -2.53. The van der Waals surface area contributed by atoms with Crippen LogP contribution in [0, 0.1) is 0 Å². The summed E-state index contributed by atoms with van der Waals surface area (Å²) in [4.78, 5) is 0. The van der Waals surface area contributed by atoms with E-state index in [0.29, 0.717) is 39.5 Å². The monoisotopic (exact) mass is 434 g/mol. The second-order valence-electron chi connectivity index (χ2n) is 8.08.